The van der Waals surface area contributed by atoms with Crippen molar-refractivity contribution in [3.05, 3.63) is 82.3 Å². The summed E-state index contributed by atoms with van der Waals surface area (Å²) in [5.41, 5.74) is 15.1. The fourth-order valence-electron chi connectivity index (χ4n) is 5.25. The van der Waals surface area contributed by atoms with Gasteiger partial charge in [-0.15, -0.1) is 0 Å². The molecule has 0 aromatic carbocycles. The summed E-state index contributed by atoms with van der Waals surface area (Å²) < 4.78 is 0. The number of nitrogens with two attached hydrogens (primary N) is 1. The van der Waals surface area contributed by atoms with Crippen LogP contribution < -0.4 is 16.4 Å². The van der Waals surface area contributed by atoms with E-state index in [2.05, 4.69) is 50.6 Å². The van der Waals surface area contributed by atoms with E-state index in [0.29, 0.717) is 17.5 Å². The zero-order valence-electron chi connectivity index (χ0n) is 20.2. The molecule has 2 saturated carbocycles. The third kappa shape index (κ3) is 5.42. The largest absolute Gasteiger partial charge is 0.402 e. The lowest BCUT2D eigenvalue weighted by atomic mass is 9.81. The van der Waals surface area contributed by atoms with Crippen LogP contribution in [0.5, 0.6) is 0 Å². The number of carbonyl (C=O) groups is 1. The molecule has 32 heavy (non-hydrogen) atoms. The molecule has 1 amide bonds. The molecule has 3 rings (SSSR count). The molecule has 2 unspecified atom stereocenters. The smallest absolute Gasteiger partial charge is 0.241 e. The predicted octanol–water partition coefficient (Wildman–Crippen LogP) is 5.35. The van der Waals surface area contributed by atoms with E-state index in [1.54, 1.807) is 0 Å². The Balaban J connectivity index is 1.79. The third-order valence-corrected chi connectivity index (χ3v) is 7.16. The van der Waals surface area contributed by atoms with Gasteiger partial charge in [-0.2, -0.15) is 0 Å². The van der Waals surface area contributed by atoms with Gasteiger partial charge in [0.05, 0.1) is 6.04 Å². The highest BCUT2D eigenvalue weighted by atomic mass is 16.2. The normalized spacial score (nSPS) is 28.9. The van der Waals surface area contributed by atoms with Crippen molar-refractivity contribution in [2.24, 2.45) is 17.6 Å². The molecule has 4 heteroatoms. The van der Waals surface area contributed by atoms with Crippen LogP contribution in [0.2, 0.25) is 0 Å². The first-order valence-corrected chi connectivity index (χ1v) is 11.8. The van der Waals surface area contributed by atoms with Crippen LogP contribution in [0, 0.1) is 11.8 Å². The molecule has 172 valence electrons. The second kappa shape index (κ2) is 10.4. The van der Waals surface area contributed by atoms with Crippen molar-refractivity contribution in [3.8, 4) is 0 Å². The number of amides is 1. The average Bonchev–Trinajstić information content (AvgIpc) is 3.51. The van der Waals surface area contributed by atoms with Crippen molar-refractivity contribution in [3.63, 3.8) is 0 Å². The molecule has 1 saturated heterocycles. The first-order valence-electron chi connectivity index (χ1n) is 11.8. The van der Waals surface area contributed by atoms with Crippen molar-refractivity contribution in [1.82, 2.24) is 10.6 Å². The van der Waals surface area contributed by atoms with Crippen molar-refractivity contribution in [2.75, 3.05) is 6.54 Å². The SMILES string of the molecule is C=C(/C=C\C(=C)C(C)=C1/C(=C(C)/C(C)=C/C=C(\C)N)C2CCC1C2)NC(=O)[C@@H]1CCCN1. The molecule has 1 heterocycles. The van der Waals surface area contributed by atoms with Crippen molar-refractivity contribution in [2.45, 2.75) is 65.8 Å². The summed E-state index contributed by atoms with van der Waals surface area (Å²) in [6, 6.07) is -0.105. The van der Waals surface area contributed by atoms with Crippen LogP contribution in [0.15, 0.2) is 82.3 Å². The third-order valence-electron chi connectivity index (χ3n) is 7.16. The fraction of sp³-hybridized carbons (Fsp3) is 0.464. The second-order valence-electron chi connectivity index (χ2n) is 9.57. The molecule has 0 spiro atoms. The Bertz CT molecular complexity index is 947. The molecule has 4 nitrogen and oxygen atoms in total. The monoisotopic (exact) mass is 433 g/mol. The molecular weight excluding hydrogens is 394 g/mol. The van der Waals surface area contributed by atoms with Crippen LogP contribution in [-0.2, 0) is 4.79 Å². The first kappa shape index (κ1) is 24.1. The van der Waals surface area contributed by atoms with E-state index in [9.17, 15) is 4.79 Å². The van der Waals surface area contributed by atoms with Crippen LogP contribution in [0.3, 0.4) is 0 Å². The number of nitrogens with one attached hydrogen (secondary N) is 2. The average molecular weight is 434 g/mol. The van der Waals surface area contributed by atoms with Gasteiger partial charge < -0.3 is 16.4 Å². The topological polar surface area (TPSA) is 67.1 Å². The van der Waals surface area contributed by atoms with Crippen LogP contribution >= 0.6 is 0 Å². The summed E-state index contributed by atoms with van der Waals surface area (Å²) in [4.78, 5) is 12.3. The minimum absolute atomic E-state index is 0.00388. The van der Waals surface area contributed by atoms with E-state index in [-0.39, 0.29) is 11.9 Å². The van der Waals surface area contributed by atoms with Gasteiger partial charge in [-0.3, -0.25) is 4.79 Å². The van der Waals surface area contributed by atoms with E-state index in [1.165, 1.54) is 47.1 Å². The maximum absolute atomic E-state index is 12.3. The lowest BCUT2D eigenvalue weighted by molar-refractivity contribution is -0.121. The maximum atomic E-state index is 12.3. The Morgan fingerprint density at radius 2 is 1.66 bits per heavy atom. The molecule has 0 aromatic rings. The summed E-state index contributed by atoms with van der Waals surface area (Å²) in [6.45, 7) is 17.7. The Morgan fingerprint density at radius 1 is 1.00 bits per heavy atom. The summed E-state index contributed by atoms with van der Waals surface area (Å²) in [5.74, 6) is 1.25. The Kier molecular flexibility index (Phi) is 7.78. The number of fused-ring (bicyclic) bond motifs is 2. The Labute approximate surface area is 193 Å². The molecule has 3 aliphatic rings. The van der Waals surface area contributed by atoms with Gasteiger partial charge in [0.1, 0.15) is 0 Å². The minimum Gasteiger partial charge on any atom is -0.402 e. The Morgan fingerprint density at radius 3 is 2.25 bits per heavy atom. The minimum atomic E-state index is -0.105. The molecule has 0 aromatic heterocycles. The molecule has 1 aliphatic heterocycles. The fourth-order valence-corrected chi connectivity index (χ4v) is 5.25. The number of hydrogen-bond acceptors (Lipinski definition) is 3. The second-order valence-corrected chi connectivity index (χ2v) is 9.57. The molecule has 0 radical (unpaired) electrons. The summed E-state index contributed by atoms with van der Waals surface area (Å²) in [6.07, 6.45) is 13.6. The predicted molar refractivity (Wildman–Crippen MR) is 135 cm³/mol. The number of carbonyl (C=O) groups excluding carboxylic acids is 1. The number of rotatable bonds is 7. The van der Waals surface area contributed by atoms with E-state index < -0.39 is 0 Å². The van der Waals surface area contributed by atoms with Crippen molar-refractivity contribution in [1.29, 1.82) is 0 Å². The van der Waals surface area contributed by atoms with Crippen LogP contribution in [0.1, 0.15) is 59.8 Å². The standard InChI is InChI=1S/C28H39N3O/c1-17(9-11-19(3)29)21(5)26-23-13-14-24(16-23)27(26)22(6)18(2)10-12-20(4)31-28(32)25-8-7-15-30-25/h9-12,23-25,30H,2,4,7-8,13-16,29H2,1,3,5-6H3,(H,31,32)/b12-10-,17-9+,19-11+,26-21+,27-22?/t23?,24?,25-/m0/s1. The molecule has 2 bridgehead atoms. The summed E-state index contributed by atoms with van der Waals surface area (Å²) in [5, 5.41) is 6.12. The molecular formula is C28H39N3O. The van der Waals surface area contributed by atoms with Crippen LogP contribution in [0.4, 0.5) is 0 Å². The highest BCUT2D eigenvalue weighted by Crippen LogP contribution is 2.55. The highest BCUT2D eigenvalue weighted by molar-refractivity contribution is 5.83. The van der Waals surface area contributed by atoms with E-state index in [1.807, 2.05) is 25.2 Å². The summed E-state index contributed by atoms with van der Waals surface area (Å²) in [7, 11) is 0. The molecule has 3 atom stereocenters. The van der Waals surface area contributed by atoms with Crippen molar-refractivity contribution < 1.29 is 4.79 Å². The number of allylic oxidation sites excluding steroid dienone is 11. The summed E-state index contributed by atoms with van der Waals surface area (Å²) >= 11 is 0. The van der Waals surface area contributed by atoms with Gasteiger partial charge >= 0.3 is 0 Å². The van der Waals surface area contributed by atoms with Gasteiger partial charge in [0, 0.05) is 11.4 Å². The molecule has 3 fully saturated rings. The zero-order chi connectivity index (χ0) is 23.4. The van der Waals surface area contributed by atoms with Gasteiger partial charge in [0.25, 0.3) is 0 Å². The van der Waals surface area contributed by atoms with Gasteiger partial charge in [-0.25, -0.2) is 0 Å². The molecule has 4 N–H and O–H groups in total. The van der Waals surface area contributed by atoms with Crippen LogP contribution in [0.25, 0.3) is 0 Å². The highest BCUT2D eigenvalue weighted by Gasteiger charge is 2.41. The van der Waals surface area contributed by atoms with E-state index in [4.69, 9.17) is 5.73 Å². The lowest BCUT2D eigenvalue weighted by Crippen LogP contribution is -2.39. The van der Waals surface area contributed by atoms with E-state index in [0.717, 1.165) is 30.7 Å². The van der Waals surface area contributed by atoms with E-state index >= 15 is 0 Å². The maximum Gasteiger partial charge on any atom is 0.241 e. The van der Waals surface area contributed by atoms with Crippen molar-refractivity contribution >= 4 is 5.91 Å². The van der Waals surface area contributed by atoms with Crippen LogP contribution in [-0.4, -0.2) is 18.5 Å². The lowest BCUT2D eigenvalue weighted by Gasteiger charge is -2.24. The van der Waals surface area contributed by atoms with Gasteiger partial charge in [-0.05, 0) is 124 Å². The van der Waals surface area contributed by atoms with Gasteiger partial charge in [0.15, 0.2) is 0 Å². The first-order chi connectivity index (χ1) is 15.2. The molecule has 2 aliphatic carbocycles. The van der Waals surface area contributed by atoms with Gasteiger partial charge in [-0.1, -0.05) is 25.3 Å². The quantitative estimate of drug-likeness (QED) is 0.474. The Hall–Kier alpha value is -2.59. The van der Waals surface area contributed by atoms with Gasteiger partial charge in [0.2, 0.25) is 5.91 Å². The zero-order valence-corrected chi connectivity index (χ0v) is 20.2. The number of hydrogen-bond donors (Lipinski definition) is 3.